The van der Waals surface area contributed by atoms with E-state index in [1.165, 1.54) is 0 Å². The Hall–Kier alpha value is -1.40. The number of piperazine rings is 1. The molecule has 3 unspecified atom stereocenters. The minimum atomic E-state index is -0.268. The van der Waals surface area contributed by atoms with Crippen LogP contribution in [0.5, 0.6) is 0 Å². The highest BCUT2D eigenvalue weighted by Gasteiger charge is 2.37. The Morgan fingerprint density at radius 1 is 1.52 bits per heavy atom. The normalized spacial score (nSPS) is 29.8. The molecule has 1 aromatic heterocycles. The number of imidazole rings is 1. The molecule has 6 nitrogen and oxygen atoms in total. The molecule has 116 valence electrons. The lowest BCUT2D eigenvalue weighted by Crippen LogP contribution is -2.52. The second kappa shape index (κ2) is 6.15. The van der Waals surface area contributed by atoms with Gasteiger partial charge in [0.05, 0.1) is 6.10 Å². The summed E-state index contributed by atoms with van der Waals surface area (Å²) < 4.78 is 7.87. The molecule has 0 bridgehead atoms. The molecule has 2 fully saturated rings. The lowest BCUT2D eigenvalue weighted by molar-refractivity contribution is -0.146. The van der Waals surface area contributed by atoms with Gasteiger partial charge in [-0.1, -0.05) is 6.92 Å². The molecule has 2 aliphatic heterocycles. The first-order chi connectivity index (χ1) is 10.2. The number of amides is 1. The van der Waals surface area contributed by atoms with E-state index in [2.05, 4.69) is 17.2 Å². The van der Waals surface area contributed by atoms with Crippen molar-refractivity contribution in [3.63, 3.8) is 0 Å². The summed E-state index contributed by atoms with van der Waals surface area (Å²) in [5.74, 6) is 1.06. The van der Waals surface area contributed by atoms with Crippen LogP contribution in [0.25, 0.3) is 0 Å². The van der Waals surface area contributed by atoms with Gasteiger partial charge >= 0.3 is 0 Å². The van der Waals surface area contributed by atoms with Gasteiger partial charge in [0.2, 0.25) is 0 Å². The minimum Gasteiger partial charge on any atom is -0.365 e. The van der Waals surface area contributed by atoms with Gasteiger partial charge in [-0.25, -0.2) is 4.98 Å². The highest BCUT2D eigenvalue weighted by molar-refractivity contribution is 5.81. The summed E-state index contributed by atoms with van der Waals surface area (Å²) in [5, 5.41) is 3.36. The molecule has 2 saturated heterocycles. The predicted molar refractivity (Wildman–Crippen MR) is 78.7 cm³/mol. The van der Waals surface area contributed by atoms with Gasteiger partial charge < -0.3 is 19.5 Å². The molecule has 21 heavy (non-hydrogen) atoms. The molecule has 0 spiro atoms. The van der Waals surface area contributed by atoms with E-state index in [4.69, 9.17) is 4.74 Å². The summed E-state index contributed by atoms with van der Waals surface area (Å²) in [6.07, 6.45) is 6.50. The summed E-state index contributed by atoms with van der Waals surface area (Å²) in [6.45, 7) is 4.41. The maximum atomic E-state index is 12.8. The van der Waals surface area contributed by atoms with Crippen molar-refractivity contribution in [1.82, 2.24) is 19.8 Å². The van der Waals surface area contributed by atoms with Gasteiger partial charge in [0.1, 0.15) is 18.0 Å². The summed E-state index contributed by atoms with van der Waals surface area (Å²) in [6, 6.07) is -0.00414. The molecule has 0 radical (unpaired) electrons. The third-order valence-corrected chi connectivity index (χ3v) is 4.52. The Balaban J connectivity index is 1.75. The number of carbonyl (C=O) groups is 1. The average molecular weight is 292 g/mol. The molecule has 3 rings (SSSR count). The zero-order valence-electron chi connectivity index (χ0n) is 12.8. The fourth-order valence-corrected chi connectivity index (χ4v) is 3.27. The Morgan fingerprint density at radius 3 is 3.05 bits per heavy atom. The van der Waals surface area contributed by atoms with Crippen LogP contribution in [-0.2, 0) is 16.6 Å². The number of hydrogen-bond donors (Lipinski definition) is 1. The van der Waals surface area contributed by atoms with Crippen LogP contribution in [0.1, 0.15) is 38.1 Å². The van der Waals surface area contributed by atoms with Crippen molar-refractivity contribution in [2.24, 2.45) is 7.05 Å². The standard InChI is InChI=1S/C15H24N4O2/c1-3-11-4-5-13(21-11)15(20)19-9-6-16-10-12(19)14-17-7-8-18(14)2/h7-8,11-13,16H,3-6,9-10H2,1-2H3. The van der Waals surface area contributed by atoms with E-state index < -0.39 is 0 Å². The van der Waals surface area contributed by atoms with Crippen molar-refractivity contribution in [3.8, 4) is 0 Å². The SMILES string of the molecule is CCC1CCC(C(=O)N2CCNCC2c2nccn2C)O1. The molecule has 0 saturated carbocycles. The van der Waals surface area contributed by atoms with Gasteiger partial charge in [-0.05, 0) is 19.3 Å². The van der Waals surface area contributed by atoms with E-state index in [0.717, 1.165) is 38.2 Å². The highest BCUT2D eigenvalue weighted by Crippen LogP contribution is 2.27. The smallest absolute Gasteiger partial charge is 0.252 e. The van der Waals surface area contributed by atoms with Crippen molar-refractivity contribution in [3.05, 3.63) is 18.2 Å². The largest absolute Gasteiger partial charge is 0.365 e. The molecule has 1 N–H and O–H groups in total. The third-order valence-electron chi connectivity index (χ3n) is 4.52. The molecule has 2 aliphatic rings. The number of rotatable bonds is 3. The summed E-state index contributed by atoms with van der Waals surface area (Å²) in [4.78, 5) is 19.2. The van der Waals surface area contributed by atoms with Crippen LogP contribution in [0.3, 0.4) is 0 Å². The van der Waals surface area contributed by atoms with Crippen molar-refractivity contribution in [1.29, 1.82) is 0 Å². The molecule has 3 heterocycles. The third kappa shape index (κ3) is 2.82. The van der Waals surface area contributed by atoms with Crippen LogP contribution in [-0.4, -0.2) is 52.2 Å². The Labute approximate surface area is 125 Å². The highest BCUT2D eigenvalue weighted by atomic mass is 16.5. The quantitative estimate of drug-likeness (QED) is 0.897. The van der Waals surface area contributed by atoms with Crippen molar-refractivity contribution < 1.29 is 9.53 Å². The zero-order chi connectivity index (χ0) is 14.8. The summed E-state index contributed by atoms with van der Waals surface area (Å²) in [5.41, 5.74) is 0. The Kier molecular flexibility index (Phi) is 4.26. The Bertz CT molecular complexity index is 502. The van der Waals surface area contributed by atoms with E-state index in [-0.39, 0.29) is 24.2 Å². The van der Waals surface area contributed by atoms with E-state index in [1.54, 1.807) is 6.20 Å². The van der Waals surface area contributed by atoms with Gasteiger partial charge in [-0.15, -0.1) is 0 Å². The zero-order valence-corrected chi connectivity index (χ0v) is 12.8. The first-order valence-corrected chi connectivity index (χ1v) is 7.84. The van der Waals surface area contributed by atoms with Crippen LogP contribution < -0.4 is 5.32 Å². The maximum absolute atomic E-state index is 12.8. The van der Waals surface area contributed by atoms with Crippen molar-refractivity contribution in [2.75, 3.05) is 19.6 Å². The van der Waals surface area contributed by atoms with Crippen LogP contribution in [0.4, 0.5) is 0 Å². The van der Waals surface area contributed by atoms with E-state index in [0.29, 0.717) is 6.54 Å². The lowest BCUT2D eigenvalue weighted by atomic mass is 10.1. The van der Waals surface area contributed by atoms with Crippen LogP contribution in [0.15, 0.2) is 12.4 Å². The molecule has 1 aromatic rings. The second-order valence-electron chi connectivity index (χ2n) is 5.88. The van der Waals surface area contributed by atoms with Gasteiger partial charge in [0, 0.05) is 39.1 Å². The molecule has 3 atom stereocenters. The van der Waals surface area contributed by atoms with E-state index in [1.807, 2.05) is 22.7 Å². The predicted octanol–water partition coefficient (Wildman–Crippen LogP) is 0.851. The molecule has 0 aliphatic carbocycles. The summed E-state index contributed by atoms with van der Waals surface area (Å²) in [7, 11) is 1.97. The minimum absolute atomic E-state index is 0.00414. The fraction of sp³-hybridized carbons (Fsp3) is 0.733. The molecule has 6 heteroatoms. The summed E-state index contributed by atoms with van der Waals surface area (Å²) >= 11 is 0. The van der Waals surface area contributed by atoms with Gasteiger partial charge in [-0.2, -0.15) is 0 Å². The number of carbonyl (C=O) groups excluding carboxylic acids is 1. The fourth-order valence-electron chi connectivity index (χ4n) is 3.27. The van der Waals surface area contributed by atoms with Crippen molar-refractivity contribution in [2.45, 2.75) is 44.4 Å². The number of nitrogens with zero attached hydrogens (tertiary/aromatic N) is 3. The van der Waals surface area contributed by atoms with Crippen LogP contribution in [0, 0.1) is 0 Å². The number of aryl methyl sites for hydroxylation is 1. The maximum Gasteiger partial charge on any atom is 0.252 e. The van der Waals surface area contributed by atoms with Gasteiger partial charge in [0.25, 0.3) is 5.91 Å². The monoisotopic (exact) mass is 292 g/mol. The number of ether oxygens (including phenoxy) is 1. The molecule has 1 amide bonds. The molecule has 0 aromatic carbocycles. The van der Waals surface area contributed by atoms with Crippen LogP contribution in [0.2, 0.25) is 0 Å². The number of hydrogen-bond acceptors (Lipinski definition) is 4. The number of aromatic nitrogens is 2. The van der Waals surface area contributed by atoms with E-state index in [9.17, 15) is 4.79 Å². The second-order valence-corrected chi connectivity index (χ2v) is 5.88. The Morgan fingerprint density at radius 2 is 2.38 bits per heavy atom. The first kappa shape index (κ1) is 14.5. The van der Waals surface area contributed by atoms with Crippen LogP contribution >= 0.6 is 0 Å². The molecular formula is C15H24N4O2. The lowest BCUT2D eigenvalue weighted by Gasteiger charge is -2.37. The molecular weight excluding hydrogens is 268 g/mol. The topological polar surface area (TPSA) is 59.4 Å². The van der Waals surface area contributed by atoms with E-state index >= 15 is 0 Å². The van der Waals surface area contributed by atoms with Gasteiger partial charge in [-0.3, -0.25) is 4.79 Å². The number of nitrogens with one attached hydrogen (secondary N) is 1. The first-order valence-electron chi connectivity index (χ1n) is 7.84. The van der Waals surface area contributed by atoms with Gasteiger partial charge in [0.15, 0.2) is 0 Å². The van der Waals surface area contributed by atoms with Crippen molar-refractivity contribution >= 4 is 5.91 Å². The average Bonchev–Trinajstić information content (AvgIpc) is 3.15.